The van der Waals surface area contributed by atoms with E-state index < -0.39 is 0 Å². The molecular formula is C16H14N6. The van der Waals surface area contributed by atoms with E-state index in [2.05, 4.69) is 25.5 Å². The molecule has 0 amide bonds. The number of benzene rings is 2. The molecular weight excluding hydrogens is 276 g/mol. The lowest BCUT2D eigenvalue weighted by Gasteiger charge is -1.95. The van der Waals surface area contributed by atoms with Gasteiger partial charge in [-0.25, -0.2) is 9.66 Å². The van der Waals surface area contributed by atoms with Crippen LogP contribution in [0.15, 0.2) is 87.6 Å². The van der Waals surface area contributed by atoms with Crippen molar-refractivity contribution in [2.24, 2.45) is 20.6 Å². The Labute approximate surface area is 127 Å². The summed E-state index contributed by atoms with van der Waals surface area (Å²) in [7, 11) is 0. The Kier molecular flexibility index (Phi) is 4.10. The summed E-state index contributed by atoms with van der Waals surface area (Å²) in [6.45, 7) is 1.87. The first kappa shape index (κ1) is 13.8. The van der Waals surface area contributed by atoms with Gasteiger partial charge in [-0.05, 0) is 31.2 Å². The summed E-state index contributed by atoms with van der Waals surface area (Å²) in [5, 5.41) is 16.6. The second-order valence-electron chi connectivity index (χ2n) is 4.56. The lowest BCUT2D eigenvalue weighted by molar-refractivity contribution is 0.775. The van der Waals surface area contributed by atoms with E-state index in [-0.39, 0.29) is 0 Å². The minimum atomic E-state index is 0.524. The number of hydrogen-bond donors (Lipinski definition) is 0. The second-order valence-corrected chi connectivity index (χ2v) is 4.56. The van der Waals surface area contributed by atoms with Gasteiger partial charge in [0.25, 0.3) is 0 Å². The molecule has 2 aromatic carbocycles. The Hall–Kier alpha value is -3.15. The third kappa shape index (κ3) is 3.29. The van der Waals surface area contributed by atoms with Crippen LogP contribution >= 0.6 is 0 Å². The van der Waals surface area contributed by atoms with E-state index in [4.69, 9.17) is 0 Å². The van der Waals surface area contributed by atoms with Crippen LogP contribution in [0.3, 0.4) is 0 Å². The molecule has 0 fully saturated rings. The Morgan fingerprint density at radius 2 is 1.36 bits per heavy atom. The van der Waals surface area contributed by atoms with Crippen molar-refractivity contribution in [1.82, 2.24) is 9.66 Å². The van der Waals surface area contributed by atoms with Gasteiger partial charge in [0.15, 0.2) is 5.82 Å². The lowest BCUT2D eigenvalue weighted by atomic mass is 10.3. The van der Waals surface area contributed by atoms with E-state index in [1.807, 2.05) is 67.6 Å². The van der Waals surface area contributed by atoms with E-state index in [1.54, 1.807) is 11.0 Å². The molecule has 1 aromatic heterocycles. The summed E-state index contributed by atoms with van der Waals surface area (Å²) in [4.78, 5) is 4.19. The first-order chi connectivity index (χ1) is 10.8. The topological polar surface area (TPSA) is 67.3 Å². The van der Waals surface area contributed by atoms with Crippen molar-refractivity contribution < 1.29 is 0 Å². The number of rotatable bonds is 4. The minimum absolute atomic E-state index is 0.524. The maximum Gasteiger partial charge on any atom is 0.197 e. The Bertz CT molecular complexity index is 723. The molecule has 0 N–H and O–H groups in total. The number of imidazole rings is 1. The molecule has 0 bridgehead atoms. The van der Waals surface area contributed by atoms with Gasteiger partial charge in [0.1, 0.15) is 6.33 Å². The molecule has 3 rings (SSSR count). The molecule has 0 spiro atoms. The Morgan fingerprint density at radius 1 is 0.773 bits per heavy atom. The van der Waals surface area contributed by atoms with Gasteiger partial charge in [-0.15, -0.1) is 15.3 Å². The van der Waals surface area contributed by atoms with Crippen LogP contribution in [0.5, 0.6) is 0 Å². The van der Waals surface area contributed by atoms with E-state index in [9.17, 15) is 0 Å². The number of hydrogen-bond acceptors (Lipinski definition) is 5. The van der Waals surface area contributed by atoms with Crippen LogP contribution in [0.25, 0.3) is 0 Å². The molecule has 3 aromatic rings. The SMILES string of the molecule is Cc1c(N=Nc2ccccc2)ncn1N=Nc1ccccc1. The summed E-state index contributed by atoms with van der Waals surface area (Å²) >= 11 is 0. The van der Waals surface area contributed by atoms with Crippen molar-refractivity contribution in [2.75, 3.05) is 0 Å². The van der Waals surface area contributed by atoms with Gasteiger partial charge < -0.3 is 0 Å². The molecule has 22 heavy (non-hydrogen) atoms. The minimum Gasteiger partial charge on any atom is -0.214 e. The van der Waals surface area contributed by atoms with Crippen molar-refractivity contribution in [2.45, 2.75) is 6.92 Å². The van der Waals surface area contributed by atoms with Gasteiger partial charge in [-0.1, -0.05) is 41.6 Å². The number of aromatic nitrogens is 2. The first-order valence-corrected chi connectivity index (χ1v) is 6.81. The van der Waals surface area contributed by atoms with Crippen molar-refractivity contribution in [3.8, 4) is 0 Å². The van der Waals surface area contributed by atoms with Gasteiger partial charge in [-0.3, -0.25) is 0 Å². The molecule has 6 heteroatoms. The van der Waals surface area contributed by atoms with Gasteiger partial charge in [0.05, 0.1) is 17.1 Å². The monoisotopic (exact) mass is 290 g/mol. The Balaban J connectivity index is 1.78. The van der Waals surface area contributed by atoms with Gasteiger partial charge in [0.2, 0.25) is 0 Å². The standard InChI is InChI=1S/C16H14N6/c1-13-16(20-18-14-8-4-2-5-9-14)17-12-22(13)21-19-15-10-6-3-7-11-15/h2-12H,1H3. The summed E-state index contributed by atoms with van der Waals surface area (Å²) in [5.41, 5.74) is 2.34. The normalized spacial score (nSPS) is 11.5. The number of nitrogens with zero attached hydrogens (tertiary/aromatic N) is 6. The molecule has 0 saturated heterocycles. The molecule has 6 nitrogen and oxygen atoms in total. The van der Waals surface area contributed by atoms with E-state index >= 15 is 0 Å². The molecule has 0 aliphatic carbocycles. The maximum absolute atomic E-state index is 4.19. The van der Waals surface area contributed by atoms with Crippen molar-refractivity contribution in [3.63, 3.8) is 0 Å². The molecule has 0 unspecified atom stereocenters. The van der Waals surface area contributed by atoms with Gasteiger partial charge >= 0.3 is 0 Å². The highest BCUT2D eigenvalue weighted by molar-refractivity contribution is 5.38. The fourth-order valence-corrected chi connectivity index (χ4v) is 1.77. The fourth-order valence-electron chi connectivity index (χ4n) is 1.77. The molecule has 0 aliphatic rings. The smallest absolute Gasteiger partial charge is 0.197 e. The quantitative estimate of drug-likeness (QED) is 0.612. The zero-order valence-electron chi connectivity index (χ0n) is 12.0. The molecule has 0 radical (unpaired) electrons. The van der Waals surface area contributed by atoms with Crippen LogP contribution < -0.4 is 0 Å². The van der Waals surface area contributed by atoms with Crippen LogP contribution in [-0.2, 0) is 0 Å². The van der Waals surface area contributed by atoms with Crippen molar-refractivity contribution >= 4 is 17.2 Å². The second kappa shape index (κ2) is 6.53. The number of azo groups is 1. The highest BCUT2D eigenvalue weighted by Gasteiger charge is 2.05. The van der Waals surface area contributed by atoms with Crippen molar-refractivity contribution in [3.05, 3.63) is 72.7 Å². The summed E-state index contributed by atoms with van der Waals surface area (Å²) < 4.78 is 1.58. The van der Waals surface area contributed by atoms with Crippen LogP contribution in [0.1, 0.15) is 5.69 Å². The van der Waals surface area contributed by atoms with Crippen LogP contribution in [0.4, 0.5) is 17.2 Å². The van der Waals surface area contributed by atoms with E-state index in [0.29, 0.717) is 5.82 Å². The third-order valence-electron chi connectivity index (χ3n) is 2.99. The lowest BCUT2D eigenvalue weighted by Crippen LogP contribution is -1.86. The predicted molar refractivity (Wildman–Crippen MR) is 83.9 cm³/mol. The van der Waals surface area contributed by atoms with Crippen LogP contribution in [-0.4, -0.2) is 9.66 Å². The molecule has 1 heterocycles. The molecule has 108 valence electrons. The van der Waals surface area contributed by atoms with Crippen LogP contribution in [0.2, 0.25) is 0 Å². The maximum atomic E-state index is 4.19. The van der Waals surface area contributed by atoms with Gasteiger partial charge in [0, 0.05) is 0 Å². The average molecular weight is 290 g/mol. The fraction of sp³-hybridized carbons (Fsp3) is 0.0625. The molecule has 0 aliphatic heterocycles. The first-order valence-electron chi connectivity index (χ1n) is 6.81. The zero-order valence-corrected chi connectivity index (χ0v) is 12.0. The average Bonchev–Trinajstić information content (AvgIpc) is 2.93. The van der Waals surface area contributed by atoms with Crippen LogP contribution in [0, 0.1) is 6.92 Å². The third-order valence-corrected chi connectivity index (χ3v) is 2.99. The highest BCUT2D eigenvalue weighted by Crippen LogP contribution is 2.20. The predicted octanol–water partition coefficient (Wildman–Crippen LogP) is 5.15. The van der Waals surface area contributed by atoms with E-state index in [0.717, 1.165) is 17.1 Å². The summed E-state index contributed by atoms with van der Waals surface area (Å²) in [5.74, 6) is 0.524. The summed E-state index contributed by atoms with van der Waals surface area (Å²) in [6, 6.07) is 19.0. The Morgan fingerprint density at radius 3 is 2.00 bits per heavy atom. The summed E-state index contributed by atoms with van der Waals surface area (Å²) in [6.07, 6.45) is 1.57. The van der Waals surface area contributed by atoms with Crippen molar-refractivity contribution in [1.29, 1.82) is 0 Å². The largest absolute Gasteiger partial charge is 0.214 e. The highest BCUT2D eigenvalue weighted by atomic mass is 15.5. The van der Waals surface area contributed by atoms with Gasteiger partial charge in [-0.2, -0.15) is 0 Å². The molecule has 0 saturated carbocycles. The molecule has 0 atom stereocenters. The zero-order chi connectivity index (χ0) is 15.2. The van der Waals surface area contributed by atoms with E-state index in [1.165, 1.54) is 0 Å².